The van der Waals surface area contributed by atoms with Crippen molar-refractivity contribution in [3.05, 3.63) is 52.2 Å². The second-order valence-electron chi connectivity index (χ2n) is 5.42. The largest absolute Gasteiger partial charge is 0.493 e. The van der Waals surface area contributed by atoms with Gasteiger partial charge in [-0.1, -0.05) is 38.1 Å². The summed E-state index contributed by atoms with van der Waals surface area (Å²) in [6.45, 7) is 4.82. The highest BCUT2D eigenvalue weighted by atomic mass is 32.1. The number of para-hydroxylation sites is 1. The number of rotatable bonds is 7. The van der Waals surface area contributed by atoms with Crippen molar-refractivity contribution in [1.29, 1.82) is 0 Å². The van der Waals surface area contributed by atoms with Crippen molar-refractivity contribution in [2.75, 3.05) is 6.61 Å². The van der Waals surface area contributed by atoms with Crippen LogP contribution in [-0.2, 0) is 11.2 Å². The van der Waals surface area contributed by atoms with E-state index in [-0.39, 0.29) is 0 Å². The van der Waals surface area contributed by atoms with Crippen LogP contribution in [0.2, 0.25) is 0 Å². The molecule has 0 fully saturated rings. The zero-order chi connectivity index (χ0) is 15.2. The van der Waals surface area contributed by atoms with Crippen LogP contribution in [0.4, 0.5) is 0 Å². The minimum absolute atomic E-state index is 0.436. The lowest BCUT2D eigenvalue weighted by Crippen LogP contribution is -2.14. The summed E-state index contributed by atoms with van der Waals surface area (Å²) in [5, 5.41) is 11.4. The van der Waals surface area contributed by atoms with E-state index in [4.69, 9.17) is 4.74 Å². The van der Waals surface area contributed by atoms with Crippen molar-refractivity contribution in [3.63, 3.8) is 0 Å². The minimum Gasteiger partial charge on any atom is -0.493 e. The quantitative estimate of drug-likeness (QED) is 0.834. The van der Waals surface area contributed by atoms with Crippen molar-refractivity contribution in [2.24, 2.45) is 5.92 Å². The maximum absolute atomic E-state index is 11.5. The molecular weight excluding hydrogens is 284 g/mol. The standard InChI is InChI=1S/C17H20O3S/c1-12(2)11-20-15-7-4-3-6-13(15)10-14(17(18)19)16-8-5-9-21-16/h3-9,12,14H,10-11H2,1-2H3,(H,18,19). The van der Waals surface area contributed by atoms with Crippen molar-refractivity contribution >= 4 is 17.3 Å². The Balaban J connectivity index is 2.19. The summed E-state index contributed by atoms with van der Waals surface area (Å²) < 4.78 is 5.81. The molecule has 1 heterocycles. The SMILES string of the molecule is CC(C)COc1ccccc1CC(C(=O)O)c1cccs1. The predicted octanol–water partition coefficient (Wildman–Crippen LogP) is 4.19. The number of hydrogen-bond donors (Lipinski definition) is 1. The highest BCUT2D eigenvalue weighted by molar-refractivity contribution is 7.10. The zero-order valence-electron chi connectivity index (χ0n) is 12.3. The minimum atomic E-state index is -0.795. The number of carboxylic acid groups (broad SMARTS) is 1. The van der Waals surface area contributed by atoms with Crippen LogP contribution in [0.5, 0.6) is 5.75 Å². The molecule has 1 N–H and O–H groups in total. The summed E-state index contributed by atoms with van der Waals surface area (Å²) in [5.41, 5.74) is 0.943. The summed E-state index contributed by atoms with van der Waals surface area (Å²) in [7, 11) is 0. The first-order valence-corrected chi connectivity index (χ1v) is 7.92. The average molecular weight is 304 g/mol. The van der Waals surface area contributed by atoms with E-state index >= 15 is 0 Å². The van der Waals surface area contributed by atoms with E-state index < -0.39 is 11.9 Å². The maximum atomic E-state index is 11.5. The van der Waals surface area contributed by atoms with Crippen LogP contribution in [-0.4, -0.2) is 17.7 Å². The van der Waals surface area contributed by atoms with Crippen molar-refractivity contribution < 1.29 is 14.6 Å². The fraction of sp³-hybridized carbons (Fsp3) is 0.353. The Morgan fingerprint density at radius 3 is 2.62 bits per heavy atom. The maximum Gasteiger partial charge on any atom is 0.312 e. The Morgan fingerprint density at radius 1 is 1.24 bits per heavy atom. The molecule has 0 aliphatic heterocycles. The molecule has 2 aromatic rings. The van der Waals surface area contributed by atoms with E-state index in [1.807, 2.05) is 41.8 Å². The number of benzene rings is 1. The van der Waals surface area contributed by atoms with Crippen LogP contribution >= 0.6 is 11.3 Å². The fourth-order valence-corrected chi connectivity index (χ4v) is 2.91. The van der Waals surface area contributed by atoms with Crippen molar-refractivity contribution in [1.82, 2.24) is 0 Å². The van der Waals surface area contributed by atoms with E-state index in [0.717, 1.165) is 16.2 Å². The molecule has 4 heteroatoms. The first-order chi connectivity index (χ1) is 10.1. The highest BCUT2D eigenvalue weighted by Gasteiger charge is 2.22. The number of thiophene rings is 1. The third-order valence-electron chi connectivity index (χ3n) is 3.15. The lowest BCUT2D eigenvalue weighted by Gasteiger charge is -2.16. The van der Waals surface area contributed by atoms with E-state index in [0.29, 0.717) is 18.9 Å². The Bertz CT molecular complexity index is 575. The number of carboxylic acids is 1. The van der Waals surface area contributed by atoms with Crippen molar-refractivity contribution in [2.45, 2.75) is 26.2 Å². The number of ether oxygens (including phenoxy) is 1. The molecule has 0 saturated carbocycles. The van der Waals surface area contributed by atoms with Gasteiger partial charge in [0.15, 0.2) is 0 Å². The number of hydrogen-bond acceptors (Lipinski definition) is 3. The van der Waals surface area contributed by atoms with Gasteiger partial charge in [0.25, 0.3) is 0 Å². The van der Waals surface area contributed by atoms with E-state index in [1.165, 1.54) is 11.3 Å². The van der Waals surface area contributed by atoms with Crippen molar-refractivity contribution in [3.8, 4) is 5.75 Å². The van der Waals surface area contributed by atoms with Gasteiger partial charge in [0.1, 0.15) is 5.75 Å². The molecule has 0 saturated heterocycles. The number of carbonyl (C=O) groups is 1. The van der Waals surface area contributed by atoms with E-state index in [1.54, 1.807) is 0 Å². The van der Waals surface area contributed by atoms with Crippen LogP contribution in [0.15, 0.2) is 41.8 Å². The van der Waals surface area contributed by atoms with Crippen LogP contribution in [0.25, 0.3) is 0 Å². The Morgan fingerprint density at radius 2 is 2.00 bits per heavy atom. The first kappa shape index (κ1) is 15.6. The molecule has 1 aromatic carbocycles. The summed E-state index contributed by atoms with van der Waals surface area (Å²) in [6, 6.07) is 11.5. The smallest absolute Gasteiger partial charge is 0.312 e. The van der Waals surface area contributed by atoms with Gasteiger partial charge in [-0.15, -0.1) is 11.3 Å². The van der Waals surface area contributed by atoms with Gasteiger partial charge in [0, 0.05) is 4.88 Å². The van der Waals surface area contributed by atoms with Gasteiger partial charge in [-0.25, -0.2) is 0 Å². The molecule has 1 atom stereocenters. The monoisotopic (exact) mass is 304 g/mol. The van der Waals surface area contributed by atoms with Gasteiger partial charge in [-0.05, 0) is 35.4 Å². The summed E-state index contributed by atoms with van der Waals surface area (Å²) in [5.74, 6) is -0.0930. The Labute approximate surface area is 129 Å². The zero-order valence-corrected chi connectivity index (χ0v) is 13.1. The molecule has 0 spiro atoms. The molecule has 21 heavy (non-hydrogen) atoms. The van der Waals surface area contributed by atoms with Crippen LogP contribution in [0, 0.1) is 5.92 Å². The molecule has 1 unspecified atom stereocenters. The molecule has 0 amide bonds. The second kappa shape index (κ2) is 7.27. The van der Waals surface area contributed by atoms with E-state index in [2.05, 4.69) is 13.8 Å². The molecule has 1 aromatic heterocycles. The molecule has 0 aliphatic rings. The third-order valence-corrected chi connectivity index (χ3v) is 4.14. The van der Waals surface area contributed by atoms with Gasteiger partial charge in [0.2, 0.25) is 0 Å². The normalized spacial score (nSPS) is 12.3. The van der Waals surface area contributed by atoms with Gasteiger partial charge in [0.05, 0.1) is 12.5 Å². The number of aliphatic carboxylic acids is 1. The molecule has 0 bridgehead atoms. The lowest BCUT2D eigenvalue weighted by atomic mass is 9.97. The lowest BCUT2D eigenvalue weighted by molar-refractivity contribution is -0.138. The van der Waals surface area contributed by atoms with Gasteiger partial charge >= 0.3 is 5.97 Å². The van der Waals surface area contributed by atoms with Gasteiger partial charge < -0.3 is 9.84 Å². The summed E-state index contributed by atoms with van der Waals surface area (Å²) in [4.78, 5) is 12.4. The topological polar surface area (TPSA) is 46.5 Å². The Kier molecular flexibility index (Phi) is 5.39. The third kappa shape index (κ3) is 4.33. The van der Waals surface area contributed by atoms with Crippen LogP contribution < -0.4 is 4.74 Å². The van der Waals surface area contributed by atoms with Gasteiger partial charge in [-0.2, -0.15) is 0 Å². The van der Waals surface area contributed by atoms with E-state index in [9.17, 15) is 9.90 Å². The second-order valence-corrected chi connectivity index (χ2v) is 6.40. The van der Waals surface area contributed by atoms with Crippen LogP contribution in [0.3, 0.4) is 0 Å². The Hall–Kier alpha value is -1.81. The highest BCUT2D eigenvalue weighted by Crippen LogP contribution is 2.29. The summed E-state index contributed by atoms with van der Waals surface area (Å²) >= 11 is 1.48. The average Bonchev–Trinajstić information content (AvgIpc) is 2.96. The molecule has 112 valence electrons. The molecule has 3 nitrogen and oxygen atoms in total. The fourth-order valence-electron chi connectivity index (χ4n) is 2.09. The molecule has 0 aliphatic carbocycles. The molecule has 0 radical (unpaired) electrons. The molecular formula is C17H20O3S. The predicted molar refractivity (Wildman–Crippen MR) is 85.2 cm³/mol. The van der Waals surface area contributed by atoms with Gasteiger partial charge in [-0.3, -0.25) is 4.79 Å². The van der Waals surface area contributed by atoms with Crippen LogP contribution in [0.1, 0.15) is 30.2 Å². The molecule has 2 rings (SSSR count). The summed E-state index contributed by atoms with van der Waals surface area (Å²) in [6.07, 6.45) is 0.449. The first-order valence-electron chi connectivity index (χ1n) is 7.05.